The van der Waals surface area contributed by atoms with Crippen LogP contribution in [0.4, 0.5) is 0 Å². The van der Waals surface area contributed by atoms with Crippen LogP contribution in [-0.4, -0.2) is 17.0 Å². The fourth-order valence-electron chi connectivity index (χ4n) is 2.32. The Hall–Kier alpha value is -0.540. The van der Waals surface area contributed by atoms with Gasteiger partial charge in [-0.1, -0.05) is 35.8 Å². The van der Waals surface area contributed by atoms with E-state index in [9.17, 15) is 5.11 Å². The summed E-state index contributed by atoms with van der Waals surface area (Å²) in [7, 11) is 1.67. The maximum absolute atomic E-state index is 10.2. The third-order valence-corrected chi connectivity index (χ3v) is 5.08. The van der Waals surface area contributed by atoms with Crippen molar-refractivity contribution in [2.24, 2.45) is 5.41 Å². The van der Waals surface area contributed by atoms with Crippen LogP contribution in [0.1, 0.15) is 31.1 Å². The van der Waals surface area contributed by atoms with E-state index in [1.54, 1.807) is 7.11 Å². The summed E-state index contributed by atoms with van der Waals surface area (Å²) in [5, 5.41) is 10.2. The molecule has 3 heteroatoms. The van der Waals surface area contributed by atoms with Crippen LogP contribution in [0.2, 0.25) is 0 Å². The van der Waals surface area contributed by atoms with E-state index in [-0.39, 0.29) is 10.2 Å². The number of aliphatic hydroxyl groups is 1. The number of halogens is 1. The molecule has 2 nitrogen and oxygen atoms in total. The molecule has 1 aliphatic carbocycles. The van der Waals surface area contributed by atoms with Gasteiger partial charge in [-0.15, -0.1) is 0 Å². The zero-order valence-electron chi connectivity index (χ0n) is 9.83. The average Bonchev–Trinajstić information content (AvgIpc) is 2.25. The number of aliphatic hydroxyl groups excluding tert-OH is 1. The molecular weight excluding hydrogens is 268 g/mol. The minimum absolute atomic E-state index is 0.0543. The van der Waals surface area contributed by atoms with Gasteiger partial charge in [0.2, 0.25) is 0 Å². The second-order valence-corrected chi connectivity index (χ2v) is 6.06. The first-order valence-electron chi connectivity index (χ1n) is 5.44. The van der Waals surface area contributed by atoms with Gasteiger partial charge in [0.1, 0.15) is 5.75 Å². The zero-order chi connectivity index (χ0) is 11.9. The zero-order valence-corrected chi connectivity index (χ0v) is 11.4. The number of methoxy groups -OCH3 is 1. The van der Waals surface area contributed by atoms with Crippen molar-refractivity contribution in [3.05, 3.63) is 29.3 Å². The summed E-state index contributed by atoms with van der Waals surface area (Å²) in [6.07, 6.45) is 0.511. The van der Waals surface area contributed by atoms with Crippen LogP contribution in [0.15, 0.2) is 18.2 Å². The van der Waals surface area contributed by atoms with Crippen molar-refractivity contribution >= 4 is 15.9 Å². The number of fused-ring (bicyclic) bond motifs is 1. The maximum atomic E-state index is 10.2. The second kappa shape index (κ2) is 4.04. The summed E-state index contributed by atoms with van der Waals surface area (Å²) in [4.78, 5) is 0.0981. The molecule has 1 aromatic rings. The molecule has 0 bridgehead atoms. The predicted octanol–water partition coefficient (Wildman–Crippen LogP) is 3.07. The highest BCUT2D eigenvalue weighted by atomic mass is 79.9. The molecule has 16 heavy (non-hydrogen) atoms. The Morgan fingerprint density at radius 3 is 2.75 bits per heavy atom. The molecule has 1 aromatic carbocycles. The lowest BCUT2D eigenvalue weighted by Crippen LogP contribution is -2.36. The van der Waals surface area contributed by atoms with Crippen molar-refractivity contribution in [1.82, 2.24) is 0 Å². The van der Waals surface area contributed by atoms with Crippen LogP contribution in [0.25, 0.3) is 0 Å². The smallest absolute Gasteiger partial charge is 0.119 e. The number of benzene rings is 1. The highest BCUT2D eigenvalue weighted by molar-refractivity contribution is 9.09. The molecule has 0 spiro atoms. The lowest BCUT2D eigenvalue weighted by molar-refractivity contribution is 0.112. The molecule has 0 saturated carbocycles. The van der Waals surface area contributed by atoms with Crippen LogP contribution in [0, 0.1) is 5.41 Å². The van der Waals surface area contributed by atoms with E-state index in [1.807, 2.05) is 18.2 Å². The highest BCUT2D eigenvalue weighted by Crippen LogP contribution is 2.45. The van der Waals surface area contributed by atoms with Crippen molar-refractivity contribution in [1.29, 1.82) is 0 Å². The first-order valence-corrected chi connectivity index (χ1v) is 6.36. The van der Waals surface area contributed by atoms with Crippen LogP contribution in [0.3, 0.4) is 0 Å². The van der Waals surface area contributed by atoms with E-state index < -0.39 is 6.10 Å². The topological polar surface area (TPSA) is 29.5 Å². The van der Waals surface area contributed by atoms with Crippen molar-refractivity contribution in [3.8, 4) is 5.75 Å². The van der Waals surface area contributed by atoms with Gasteiger partial charge in [-0.2, -0.15) is 0 Å². The van der Waals surface area contributed by atoms with Crippen LogP contribution >= 0.6 is 15.9 Å². The second-order valence-electron chi connectivity index (χ2n) is 5.08. The van der Waals surface area contributed by atoms with Crippen LogP contribution < -0.4 is 4.74 Å². The summed E-state index contributed by atoms with van der Waals surface area (Å²) in [5.74, 6) is 0.856. The maximum Gasteiger partial charge on any atom is 0.119 e. The summed E-state index contributed by atoms with van der Waals surface area (Å²) >= 11 is 3.60. The predicted molar refractivity (Wildman–Crippen MR) is 68.2 cm³/mol. The highest BCUT2D eigenvalue weighted by Gasteiger charge is 2.39. The first kappa shape index (κ1) is 11.9. The number of ether oxygens (including phenoxy) is 1. The Bertz CT molecular complexity index is 401. The van der Waals surface area contributed by atoms with E-state index in [2.05, 4.69) is 29.8 Å². The number of rotatable bonds is 1. The molecule has 0 aliphatic heterocycles. The van der Waals surface area contributed by atoms with Crippen LogP contribution in [-0.2, 0) is 6.42 Å². The molecule has 0 amide bonds. The molecule has 0 fully saturated rings. The van der Waals surface area contributed by atoms with Gasteiger partial charge in [-0.25, -0.2) is 0 Å². The van der Waals surface area contributed by atoms with Gasteiger partial charge < -0.3 is 9.84 Å². The largest absolute Gasteiger partial charge is 0.497 e. The lowest BCUT2D eigenvalue weighted by atomic mass is 9.73. The average molecular weight is 285 g/mol. The molecule has 0 saturated heterocycles. The van der Waals surface area contributed by atoms with Crippen LogP contribution in [0.5, 0.6) is 5.75 Å². The fraction of sp³-hybridized carbons (Fsp3) is 0.538. The van der Waals surface area contributed by atoms with Gasteiger partial charge in [-0.3, -0.25) is 0 Å². The minimum Gasteiger partial charge on any atom is -0.497 e. The molecule has 0 heterocycles. The van der Waals surface area contributed by atoms with Gasteiger partial charge in [0.15, 0.2) is 0 Å². The Kier molecular flexibility index (Phi) is 3.01. The van der Waals surface area contributed by atoms with Crippen molar-refractivity contribution in [3.63, 3.8) is 0 Å². The third kappa shape index (κ3) is 1.87. The number of hydrogen-bond acceptors (Lipinski definition) is 2. The monoisotopic (exact) mass is 284 g/mol. The van der Waals surface area contributed by atoms with Gasteiger partial charge >= 0.3 is 0 Å². The van der Waals surface area contributed by atoms with E-state index >= 15 is 0 Å². The van der Waals surface area contributed by atoms with E-state index in [0.29, 0.717) is 0 Å². The number of alkyl halides is 1. The quantitative estimate of drug-likeness (QED) is 0.803. The number of hydrogen-bond donors (Lipinski definition) is 1. The van der Waals surface area contributed by atoms with Crippen molar-refractivity contribution in [2.45, 2.75) is 31.2 Å². The lowest BCUT2D eigenvalue weighted by Gasteiger charge is -2.39. The Labute approximate surface area is 105 Å². The Balaban J connectivity index is 2.46. The summed E-state index contributed by atoms with van der Waals surface area (Å²) < 4.78 is 5.22. The van der Waals surface area contributed by atoms with E-state index in [0.717, 1.165) is 17.7 Å². The van der Waals surface area contributed by atoms with Gasteiger partial charge in [0.05, 0.1) is 18.0 Å². The standard InChI is InChI=1S/C13H17BrO2/c1-13(2)7-8-6-9(16-3)4-5-10(8)11(15)12(13)14/h4-6,11-12,15H,7H2,1-3H3/t11-,12+/m1/s1. The van der Waals surface area contributed by atoms with E-state index in [1.165, 1.54) is 5.56 Å². The molecule has 88 valence electrons. The summed E-state index contributed by atoms with van der Waals surface area (Å²) in [6, 6.07) is 5.89. The van der Waals surface area contributed by atoms with Crippen molar-refractivity contribution < 1.29 is 9.84 Å². The molecule has 0 unspecified atom stereocenters. The fourth-order valence-corrected chi connectivity index (χ4v) is 2.77. The molecule has 2 atom stereocenters. The molecule has 1 aliphatic rings. The minimum atomic E-state index is -0.440. The van der Waals surface area contributed by atoms with E-state index in [4.69, 9.17) is 4.74 Å². The summed E-state index contributed by atoms with van der Waals surface area (Å²) in [6.45, 7) is 4.33. The molecule has 0 radical (unpaired) electrons. The SMILES string of the molecule is COc1ccc2c(c1)CC(C)(C)[C@@H](Br)[C@@H]2O. The van der Waals surface area contributed by atoms with Gasteiger partial charge in [0, 0.05) is 0 Å². The molecule has 2 rings (SSSR count). The van der Waals surface area contributed by atoms with Gasteiger partial charge in [0.25, 0.3) is 0 Å². The third-order valence-electron chi connectivity index (χ3n) is 3.34. The Morgan fingerprint density at radius 1 is 1.44 bits per heavy atom. The normalized spacial score (nSPS) is 27.3. The molecular formula is C13H17BrO2. The Morgan fingerprint density at radius 2 is 2.12 bits per heavy atom. The molecule has 1 N–H and O–H groups in total. The summed E-state index contributed by atoms with van der Waals surface area (Å²) in [5.41, 5.74) is 2.26. The molecule has 0 aromatic heterocycles. The van der Waals surface area contributed by atoms with Gasteiger partial charge in [-0.05, 0) is 35.1 Å². The first-order chi connectivity index (χ1) is 7.45. The van der Waals surface area contributed by atoms with Crippen molar-refractivity contribution in [2.75, 3.05) is 7.11 Å².